The number of carboxylic acid groups (broad SMARTS) is 1. The highest BCUT2D eigenvalue weighted by molar-refractivity contribution is 7.89. The van der Waals surface area contributed by atoms with Gasteiger partial charge in [-0.25, -0.2) is 8.42 Å². The van der Waals surface area contributed by atoms with Crippen molar-refractivity contribution in [3.8, 4) is 0 Å². The molecule has 0 amide bonds. The van der Waals surface area contributed by atoms with Crippen LogP contribution in [-0.2, 0) is 14.8 Å². The summed E-state index contributed by atoms with van der Waals surface area (Å²) in [5.41, 5.74) is 0. The minimum Gasteiger partial charge on any atom is -0.481 e. The number of rotatable bonds is 4. The van der Waals surface area contributed by atoms with E-state index < -0.39 is 38.7 Å². The van der Waals surface area contributed by atoms with Crippen LogP contribution in [0, 0.1) is 16.0 Å². The van der Waals surface area contributed by atoms with E-state index in [1.165, 1.54) is 6.92 Å². The number of carboxylic acids is 1. The molecule has 1 saturated heterocycles. The van der Waals surface area contributed by atoms with Gasteiger partial charge in [-0.1, -0.05) is 0 Å². The topological polar surface area (TPSA) is 131 Å². The Hall–Kier alpha value is -2.07. The van der Waals surface area contributed by atoms with Crippen molar-refractivity contribution >= 4 is 21.8 Å². The molecule has 9 nitrogen and oxygen atoms in total. The summed E-state index contributed by atoms with van der Waals surface area (Å²) in [7, 11) is -3.91. The number of aliphatic carboxylic acids is 1. The average molecular weight is 315 g/mol. The molecule has 0 bridgehead atoms. The first-order chi connectivity index (χ1) is 9.75. The second-order valence-corrected chi connectivity index (χ2v) is 6.59. The van der Waals surface area contributed by atoms with Gasteiger partial charge in [-0.05, 0) is 29.3 Å². The maximum absolute atomic E-state index is 12.4. The van der Waals surface area contributed by atoms with Crippen molar-refractivity contribution in [1.29, 1.82) is 0 Å². The van der Waals surface area contributed by atoms with Crippen LogP contribution in [0.2, 0.25) is 0 Å². The minimum atomic E-state index is -3.91. The first-order valence-electron chi connectivity index (χ1n) is 6.10. The number of carbonyl (C=O) groups is 1. The lowest BCUT2D eigenvalue weighted by atomic mass is 10.0. The van der Waals surface area contributed by atoms with Gasteiger partial charge in [-0.15, -0.1) is 0 Å². The smallest absolute Gasteiger partial charge is 0.363 e. The van der Waals surface area contributed by atoms with E-state index >= 15 is 0 Å². The van der Waals surface area contributed by atoms with E-state index in [2.05, 4.69) is 4.98 Å². The normalized spacial score (nSPS) is 23.1. The van der Waals surface area contributed by atoms with Gasteiger partial charge in [0.25, 0.3) is 0 Å². The van der Waals surface area contributed by atoms with E-state index in [1.807, 2.05) is 0 Å². The third kappa shape index (κ3) is 2.72. The fraction of sp³-hybridized carbons (Fsp3) is 0.455. The zero-order chi connectivity index (χ0) is 15.8. The third-order valence-electron chi connectivity index (χ3n) is 3.53. The zero-order valence-electron chi connectivity index (χ0n) is 11.0. The molecule has 1 N–H and O–H groups in total. The summed E-state index contributed by atoms with van der Waals surface area (Å²) in [6.07, 6.45) is 1.14. The van der Waals surface area contributed by atoms with Crippen LogP contribution < -0.4 is 0 Å². The van der Waals surface area contributed by atoms with Crippen molar-refractivity contribution in [3.05, 3.63) is 28.4 Å². The predicted molar refractivity (Wildman–Crippen MR) is 70.0 cm³/mol. The fourth-order valence-electron chi connectivity index (χ4n) is 2.35. The summed E-state index contributed by atoms with van der Waals surface area (Å²) in [5.74, 6) is -2.25. The van der Waals surface area contributed by atoms with Crippen molar-refractivity contribution in [2.24, 2.45) is 5.92 Å². The highest BCUT2D eigenvalue weighted by atomic mass is 32.2. The monoisotopic (exact) mass is 315 g/mol. The molecule has 0 saturated carbocycles. The van der Waals surface area contributed by atoms with Gasteiger partial charge in [-0.3, -0.25) is 4.79 Å². The van der Waals surface area contributed by atoms with Gasteiger partial charge in [0.05, 0.1) is 5.92 Å². The molecule has 2 heterocycles. The number of hydrogen-bond acceptors (Lipinski definition) is 6. The van der Waals surface area contributed by atoms with Crippen molar-refractivity contribution in [2.45, 2.75) is 24.3 Å². The van der Waals surface area contributed by atoms with Gasteiger partial charge < -0.3 is 15.2 Å². The molecule has 1 aliphatic rings. The van der Waals surface area contributed by atoms with E-state index in [0.717, 1.165) is 22.6 Å². The molecule has 114 valence electrons. The van der Waals surface area contributed by atoms with Gasteiger partial charge in [-0.2, -0.15) is 4.31 Å². The van der Waals surface area contributed by atoms with E-state index in [9.17, 15) is 23.3 Å². The Balaban J connectivity index is 2.30. The fourth-order valence-corrected chi connectivity index (χ4v) is 3.98. The summed E-state index contributed by atoms with van der Waals surface area (Å²) < 4.78 is 25.9. The molecule has 2 rings (SSSR count). The SMILES string of the molecule is CC1C(C(=O)O)CCN1S(=O)(=O)c1ccc([N+](=O)[O-])nc1. The number of nitro groups is 1. The third-order valence-corrected chi connectivity index (χ3v) is 5.50. The predicted octanol–water partition coefficient (Wildman–Crippen LogP) is 0.473. The number of aromatic nitrogens is 1. The van der Waals surface area contributed by atoms with Gasteiger partial charge in [0.1, 0.15) is 4.90 Å². The Bertz CT molecular complexity index is 672. The first kappa shape index (κ1) is 15.3. The highest BCUT2D eigenvalue weighted by Crippen LogP contribution is 2.30. The maximum atomic E-state index is 12.4. The molecule has 1 aromatic heterocycles. The van der Waals surface area contributed by atoms with Crippen molar-refractivity contribution in [2.75, 3.05) is 6.54 Å². The lowest BCUT2D eigenvalue weighted by Crippen LogP contribution is -2.37. The van der Waals surface area contributed by atoms with E-state index in [-0.39, 0.29) is 17.9 Å². The minimum absolute atomic E-state index is 0.0947. The molecule has 2 atom stereocenters. The van der Waals surface area contributed by atoms with E-state index in [0.29, 0.717) is 0 Å². The molecule has 0 aromatic carbocycles. The molecule has 1 aromatic rings. The molecule has 10 heteroatoms. The summed E-state index contributed by atoms with van der Waals surface area (Å²) in [6.45, 7) is 1.62. The first-order valence-corrected chi connectivity index (χ1v) is 7.54. The maximum Gasteiger partial charge on any atom is 0.363 e. The Kier molecular flexibility index (Phi) is 3.92. The van der Waals surface area contributed by atoms with E-state index in [1.54, 1.807) is 0 Å². The number of sulfonamides is 1. The van der Waals surface area contributed by atoms with Gasteiger partial charge in [0.2, 0.25) is 10.0 Å². The molecule has 21 heavy (non-hydrogen) atoms. The molecular formula is C11H13N3O6S. The van der Waals surface area contributed by atoms with E-state index in [4.69, 9.17) is 5.11 Å². The molecule has 0 aliphatic carbocycles. The second-order valence-electron chi connectivity index (χ2n) is 4.70. The number of hydrogen-bond donors (Lipinski definition) is 1. The summed E-state index contributed by atoms with van der Waals surface area (Å²) in [5, 5.41) is 19.5. The van der Waals surface area contributed by atoms with Crippen LogP contribution in [0.15, 0.2) is 23.2 Å². The van der Waals surface area contributed by atoms with Crippen LogP contribution in [0.5, 0.6) is 0 Å². The molecule has 1 aliphatic heterocycles. The van der Waals surface area contributed by atoms with Crippen molar-refractivity contribution < 1.29 is 23.2 Å². The van der Waals surface area contributed by atoms with Gasteiger partial charge in [0, 0.05) is 18.7 Å². The summed E-state index contributed by atoms with van der Waals surface area (Å²) in [6, 6.07) is 1.42. The molecule has 0 radical (unpaired) electrons. The molecule has 2 unspecified atom stereocenters. The van der Waals surface area contributed by atoms with Crippen molar-refractivity contribution in [3.63, 3.8) is 0 Å². The number of pyridine rings is 1. The molecule has 0 spiro atoms. The molecular weight excluding hydrogens is 302 g/mol. The quantitative estimate of drug-likeness (QED) is 0.631. The summed E-state index contributed by atoms with van der Waals surface area (Å²) >= 11 is 0. The van der Waals surface area contributed by atoms with Crippen LogP contribution in [0.1, 0.15) is 13.3 Å². The van der Waals surface area contributed by atoms with Crippen LogP contribution in [0.4, 0.5) is 5.82 Å². The van der Waals surface area contributed by atoms with Crippen LogP contribution in [-0.4, -0.2) is 46.3 Å². The van der Waals surface area contributed by atoms with Crippen LogP contribution in [0.3, 0.4) is 0 Å². The standard InChI is InChI=1S/C11H13N3O6S/c1-7-9(11(15)16)4-5-13(7)21(19,20)8-2-3-10(12-6-8)14(17)18/h2-3,6-7,9H,4-5H2,1H3,(H,15,16). The number of nitrogens with zero attached hydrogens (tertiary/aromatic N) is 3. The highest BCUT2D eigenvalue weighted by Gasteiger charge is 2.42. The average Bonchev–Trinajstić information content (AvgIpc) is 2.81. The Morgan fingerprint density at radius 3 is 2.62 bits per heavy atom. The van der Waals surface area contributed by atoms with Crippen molar-refractivity contribution in [1.82, 2.24) is 9.29 Å². The zero-order valence-corrected chi connectivity index (χ0v) is 11.9. The molecule has 1 fully saturated rings. The second kappa shape index (κ2) is 5.37. The summed E-state index contributed by atoms with van der Waals surface area (Å²) in [4.78, 5) is 24.1. The van der Waals surface area contributed by atoms with Gasteiger partial charge in [0.15, 0.2) is 6.20 Å². The Morgan fingerprint density at radius 2 is 2.19 bits per heavy atom. The largest absolute Gasteiger partial charge is 0.481 e. The Morgan fingerprint density at radius 1 is 1.52 bits per heavy atom. The van der Waals surface area contributed by atoms with Crippen LogP contribution in [0.25, 0.3) is 0 Å². The Labute approximate surface area is 120 Å². The van der Waals surface area contributed by atoms with Gasteiger partial charge >= 0.3 is 11.8 Å². The lowest BCUT2D eigenvalue weighted by molar-refractivity contribution is -0.389. The lowest BCUT2D eigenvalue weighted by Gasteiger charge is -2.22. The van der Waals surface area contributed by atoms with Crippen LogP contribution >= 0.6 is 0 Å².